The maximum Gasteiger partial charge on any atom is 0.337 e. The van der Waals surface area contributed by atoms with Gasteiger partial charge in [0.1, 0.15) is 10.7 Å². The number of hydrogen-bond acceptors (Lipinski definition) is 8. The van der Waals surface area contributed by atoms with E-state index in [1.165, 1.54) is 44.6 Å². The molecule has 3 aromatic carbocycles. The van der Waals surface area contributed by atoms with Crippen molar-refractivity contribution < 1.29 is 33.4 Å². The molecular formula is C28H22ClN3O7. The van der Waals surface area contributed by atoms with Crippen LogP contribution in [-0.4, -0.2) is 43.9 Å². The Morgan fingerprint density at radius 3 is 2.05 bits per heavy atom. The predicted molar refractivity (Wildman–Crippen MR) is 143 cm³/mol. The first-order valence-electron chi connectivity index (χ1n) is 11.5. The summed E-state index contributed by atoms with van der Waals surface area (Å²) in [6, 6.07) is 18.9. The van der Waals surface area contributed by atoms with Gasteiger partial charge in [0.05, 0.1) is 37.5 Å². The molecule has 39 heavy (non-hydrogen) atoms. The highest BCUT2D eigenvalue weighted by Gasteiger charge is 2.39. The van der Waals surface area contributed by atoms with E-state index in [9.17, 15) is 24.0 Å². The van der Waals surface area contributed by atoms with E-state index < -0.39 is 23.8 Å². The van der Waals surface area contributed by atoms with E-state index in [0.29, 0.717) is 22.5 Å². The van der Waals surface area contributed by atoms with Gasteiger partial charge in [-0.1, -0.05) is 35.9 Å². The van der Waals surface area contributed by atoms with Crippen LogP contribution in [0.2, 0.25) is 0 Å². The summed E-state index contributed by atoms with van der Waals surface area (Å²) in [5.41, 5.74) is 2.12. The maximum atomic E-state index is 13.1. The molecule has 0 radical (unpaired) electrons. The zero-order valence-corrected chi connectivity index (χ0v) is 21.6. The van der Waals surface area contributed by atoms with Crippen molar-refractivity contribution in [2.75, 3.05) is 29.8 Å². The lowest BCUT2D eigenvalue weighted by Gasteiger charge is -2.16. The van der Waals surface area contributed by atoms with E-state index in [1.807, 2.05) is 0 Å². The number of carbonyl (C=O) groups excluding carboxylic acids is 5. The SMILES string of the molecule is COC(=O)c1cccc(NC(=O)Cc2ccc(NC3=C(Cl)C(=O)N(c4cccc(C(=O)OC)c4)C3=O)cc2)c1. The summed E-state index contributed by atoms with van der Waals surface area (Å²) in [6.45, 7) is 0. The minimum Gasteiger partial charge on any atom is -0.465 e. The van der Waals surface area contributed by atoms with Crippen LogP contribution in [0.15, 0.2) is 83.5 Å². The third-order valence-corrected chi connectivity index (χ3v) is 6.06. The normalized spacial score (nSPS) is 12.8. The van der Waals surface area contributed by atoms with Crippen LogP contribution in [0.3, 0.4) is 0 Å². The van der Waals surface area contributed by atoms with Crippen LogP contribution in [0.25, 0.3) is 0 Å². The Bertz CT molecular complexity index is 1520. The number of hydrogen-bond donors (Lipinski definition) is 2. The Balaban J connectivity index is 1.41. The van der Waals surface area contributed by atoms with Crippen LogP contribution in [0.5, 0.6) is 0 Å². The summed E-state index contributed by atoms with van der Waals surface area (Å²) in [4.78, 5) is 62.7. The number of imide groups is 1. The van der Waals surface area contributed by atoms with Crippen molar-refractivity contribution in [2.24, 2.45) is 0 Å². The van der Waals surface area contributed by atoms with Crippen LogP contribution >= 0.6 is 11.6 Å². The number of carbonyl (C=O) groups is 5. The Kier molecular flexibility index (Phi) is 8.07. The Labute approximate surface area is 228 Å². The number of esters is 2. The van der Waals surface area contributed by atoms with E-state index in [1.54, 1.807) is 42.5 Å². The standard InChI is InChI=1S/C28H22ClN3O7/c1-38-27(36)17-5-3-7-20(14-17)30-22(33)13-16-9-11-19(12-10-16)31-24-23(29)25(34)32(26(24)35)21-8-4-6-18(15-21)28(37)39-2/h3-12,14-15,31H,13H2,1-2H3,(H,30,33). The monoisotopic (exact) mass is 547 g/mol. The van der Waals surface area contributed by atoms with Gasteiger partial charge >= 0.3 is 11.9 Å². The largest absolute Gasteiger partial charge is 0.465 e. The maximum absolute atomic E-state index is 13.1. The Morgan fingerprint density at radius 2 is 1.41 bits per heavy atom. The average molecular weight is 548 g/mol. The summed E-state index contributed by atoms with van der Waals surface area (Å²) < 4.78 is 9.38. The smallest absolute Gasteiger partial charge is 0.337 e. The van der Waals surface area contributed by atoms with Crippen LogP contribution in [0.1, 0.15) is 26.3 Å². The van der Waals surface area contributed by atoms with Crippen molar-refractivity contribution >= 4 is 58.3 Å². The van der Waals surface area contributed by atoms with Gasteiger partial charge in [-0.3, -0.25) is 14.4 Å². The number of benzene rings is 3. The molecule has 1 heterocycles. The van der Waals surface area contributed by atoms with Crippen LogP contribution < -0.4 is 15.5 Å². The highest BCUT2D eigenvalue weighted by Crippen LogP contribution is 2.30. The fourth-order valence-electron chi connectivity index (χ4n) is 3.82. The van der Waals surface area contributed by atoms with Gasteiger partial charge in [-0.25, -0.2) is 14.5 Å². The number of rotatable bonds is 8. The Morgan fingerprint density at radius 1 is 0.795 bits per heavy atom. The van der Waals surface area contributed by atoms with E-state index in [-0.39, 0.29) is 34.3 Å². The van der Waals surface area contributed by atoms with Gasteiger partial charge in [-0.15, -0.1) is 0 Å². The third kappa shape index (κ3) is 5.97. The fourth-order valence-corrected chi connectivity index (χ4v) is 4.03. The van der Waals surface area contributed by atoms with Crippen molar-refractivity contribution in [3.05, 3.63) is 100 Å². The number of nitrogens with one attached hydrogen (secondary N) is 2. The summed E-state index contributed by atoms with van der Waals surface area (Å²) in [7, 11) is 2.50. The van der Waals surface area contributed by atoms with Crippen molar-refractivity contribution in [3.8, 4) is 0 Å². The number of methoxy groups -OCH3 is 2. The predicted octanol–water partition coefficient (Wildman–Crippen LogP) is 3.88. The molecule has 1 aliphatic rings. The first kappa shape index (κ1) is 27.1. The zero-order valence-electron chi connectivity index (χ0n) is 20.8. The van der Waals surface area contributed by atoms with E-state index in [0.717, 1.165) is 4.90 Å². The average Bonchev–Trinajstić information content (AvgIpc) is 3.16. The van der Waals surface area contributed by atoms with Gasteiger partial charge in [0, 0.05) is 11.4 Å². The molecule has 0 aromatic heterocycles. The first-order valence-corrected chi connectivity index (χ1v) is 11.9. The summed E-state index contributed by atoms with van der Waals surface area (Å²) in [5.74, 6) is -2.85. The van der Waals surface area contributed by atoms with E-state index in [4.69, 9.17) is 16.3 Å². The number of anilines is 3. The molecule has 3 aromatic rings. The second kappa shape index (κ2) is 11.6. The molecular weight excluding hydrogens is 526 g/mol. The molecule has 0 unspecified atom stereocenters. The van der Waals surface area contributed by atoms with Crippen molar-refractivity contribution in [1.82, 2.24) is 0 Å². The number of halogens is 1. The topological polar surface area (TPSA) is 131 Å². The third-order valence-electron chi connectivity index (χ3n) is 5.71. The van der Waals surface area contributed by atoms with Gasteiger partial charge in [0.2, 0.25) is 5.91 Å². The Hall–Kier alpha value is -4.96. The number of amides is 3. The first-order chi connectivity index (χ1) is 18.7. The molecule has 0 atom stereocenters. The lowest BCUT2D eigenvalue weighted by Crippen LogP contribution is -2.32. The quantitative estimate of drug-likeness (QED) is 0.321. The van der Waals surface area contributed by atoms with Gasteiger partial charge in [0.25, 0.3) is 11.8 Å². The minimum absolute atomic E-state index is 0.0495. The van der Waals surface area contributed by atoms with Crippen LogP contribution in [-0.2, 0) is 30.3 Å². The molecule has 198 valence electrons. The molecule has 0 saturated carbocycles. The lowest BCUT2D eigenvalue weighted by molar-refractivity contribution is -0.120. The molecule has 3 amide bonds. The van der Waals surface area contributed by atoms with Gasteiger partial charge in [-0.2, -0.15) is 0 Å². The lowest BCUT2D eigenvalue weighted by atomic mass is 10.1. The molecule has 1 aliphatic heterocycles. The van der Waals surface area contributed by atoms with E-state index in [2.05, 4.69) is 15.4 Å². The molecule has 4 rings (SSSR count). The fraction of sp³-hybridized carbons (Fsp3) is 0.107. The minimum atomic E-state index is -0.740. The number of nitrogens with zero attached hydrogens (tertiary/aromatic N) is 1. The second-order valence-corrected chi connectivity index (χ2v) is 8.67. The van der Waals surface area contributed by atoms with E-state index >= 15 is 0 Å². The van der Waals surface area contributed by atoms with Crippen molar-refractivity contribution in [1.29, 1.82) is 0 Å². The van der Waals surface area contributed by atoms with Gasteiger partial charge in [-0.05, 0) is 54.1 Å². The number of ether oxygens (including phenoxy) is 2. The van der Waals surface area contributed by atoms with Gasteiger partial charge < -0.3 is 20.1 Å². The zero-order chi connectivity index (χ0) is 28.1. The van der Waals surface area contributed by atoms with Crippen molar-refractivity contribution in [2.45, 2.75) is 6.42 Å². The van der Waals surface area contributed by atoms with Gasteiger partial charge in [0.15, 0.2) is 0 Å². The molecule has 0 spiro atoms. The molecule has 0 aliphatic carbocycles. The summed E-state index contributed by atoms with van der Waals surface area (Å²) in [5, 5.41) is 5.29. The molecule has 0 bridgehead atoms. The molecule has 2 N–H and O–H groups in total. The molecule has 0 fully saturated rings. The molecule has 11 heteroatoms. The highest BCUT2D eigenvalue weighted by molar-refractivity contribution is 6.53. The molecule has 0 saturated heterocycles. The highest BCUT2D eigenvalue weighted by atomic mass is 35.5. The van der Waals surface area contributed by atoms with Crippen molar-refractivity contribution in [3.63, 3.8) is 0 Å². The summed E-state index contributed by atoms with van der Waals surface area (Å²) in [6.07, 6.45) is 0.0495. The van der Waals surface area contributed by atoms with Crippen LogP contribution in [0, 0.1) is 0 Å². The second-order valence-electron chi connectivity index (χ2n) is 8.30. The summed E-state index contributed by atoms with van der Waals surface area (Å²) >= 11 is 6.20. The molecule has 10 nitrogen and oxygen atoms in total. The van der Waals surface area contributed by atoms with Crippen LogP contribution in [0.4, 0.5) is 17.1 Å².